The van der Waals surface area contributed by atoms with Gasteiger partial charge in [-0.2, -0.15) is 4.98 Å². The Bertz CT molecular complexity index is 1880. The quantitative estimate of drug-likeness (QED) is 0.268. The lowest BCUT2D eigenvalue weighted by Gasteiger charge is -2.27. The standard InChI is InChI=1S/C34H37N5O5/c1-5-26(31-21(3)28(41)18-29(44-31)38-14-16-43-17-15-38)23-10-12-24(13-11-23)36-34-35-19-27-20(2)30(22(4)40)33(42)39(32(27)37-34)25-8-6-7-9-25/h5,10-13,18-19,25H,6-9,14-17H2,1-4H3,(H,35,36,37)/b26-5-. The first-order valence-corrected chi connectivity index (χ1v) is 15.2. The minimum atomic E-state index is -0.276. The van der Waals surface area contributed by atoms with Crippen LogP contribution in [0.4, 0.5) is 17.5 Å². The number of ether oxygens (including phenoxy) is 1. The first-order valence-electron chi connectivity index (χ1n) is 15.2. The van der Waals surface area contributed by atoms with Gasteiger partial charge >= 0.3 is 0 Å². The van der Waals surface area contributed by atoms with Crippen molar-refractivity contribution >= 4 is 39.9 Å². The fraction of sp³-hybridized carbons (Fsp3) is 0.382. The molecule has 228 valence electrons. The molecule has 44 heavy (non-hydrogen) atoms. The lowest BCUT2D eigenvalue weighted by Crippen LogP contribution is -2.36. The van der Waals surface area contributed by atoms with E-state index in [-0.39, 0.29) is 28.4 Å². The van der Waals surface area contributed by atoms with Crippen molar-refractivity contribution in [2.45, 2.75) is 59.4 Å². The summed E-state index contributed by atoms with van der Waals surface area (Å²) in [7, 11) is 0. The molecule has 0 atom stereocenters. The number of hydrogen-bond acceptors (Lipinski definition) is 9. The van der Waals surface area contributed by atoms with Crippen LogP contribution in [-0.4, -0.2) is 46.6 Å². The molecule has 0 bridgehead atoms. The van der Waals surface area contributed by atoms with E-state index in [1.54, 1.807) is 30.7 Å². The molecule has 0 spiro atoms. The lowest BCUT2D eigenvalue weighted by molar-refractivity contribution is 0.101. The van der Waals surface area contributed by atoms with Crippen molar-refractivity contribution in [1.29, 1.82) is 0 Å². The monoisotopic (exact) mass is 595 g/mol. The van der Waals surface area contributed by atoms with Crippen LogP contribution in [0, 0.1) is 13.8 Å². The Morgan fingerprint density at radius 2 is 1.75 bits per heavy atom. The molecule has 1 N–H and O–H groups in total. The highest BCUT2D eigenvalue weighted by Crippen LogP contribution is 2.33. The molecule has 6 rings (SSSR count). The molecule has 0 unspecified atom stereocenters. The number of benzene rings is 1. The average molecular weight is 596 g/mol. The van der Waals surface area contributed by atoms with Gasteiger partial charge in [-0.05, 0) is 63.8 Å². The summed E-state index contributed by atoms with van der Waals surface area (Å²) in [5.41, 5.74) is 4.05. The topological polar surface area (TPSA) is 120 Å². The first kappa shape index (κ1) is 29.5. The Labute approximate surface area is 255 Å². The van der Waals surface area contributed by atoms with E-state index in [2.05, 4.69) is 10.3 Å². The van der Waals surface area contributed by atoms with E-state index in [4.69, 9.17) is 14.1 Å². The van der Waals surface area contributed by atoms with E-state index in [1.165, 1.54) is 6.92 Å². The lowest BCUT2D eigenvalue weighted by atomic mass is 9.99. The van der Waals surface area contributed by atoms with Crippen LogP contribution in [0.2, 0.25) is 0 Å². The van der Waals surface area contributed by atoms with Gasteiger partial charge in [0.2, 0.25) is 5.95 Å². The van der Waals surface area contributed by atoms with Crippen molar-refractivity contribution in [2.75, 3.05) is 36.5 Å². The number of fused-ring (bicyclic) bond motifs is 1. The van der Waals surface area contributed by atoms with Crippen molar-refractivity contribution in [2.24, 2.45) is 0 Å². The van der Waals surface area contributed by atoms with E-state index < -0.39 is 0 Å². The van der Waals surface area contributed by atoms with Crippen LogP contribution in [0.5, 0.6) is 0 Å². The molecule has 2 fully saturated rings. The number of morpholine rings is 1. The van der Waals surface area contributed by atoms with Crippen LogP contribution in [-0.2, 0) is 4.74 Å². The van der Waals surface area contributed by atoms with Gasteiger partial charge in [-0.3, -0.25) is 19.0 Å². The van der Waals surface area contributed by atoms with Crippen molar-refractivity contribution in [3.8, 4) is 0 Å². The van der Waals surface area contributed by atoms with Crippen LogP contribution < -0.4 is 21.2 Å². The van der Waals surface area contributed by atoms with Crippen molar-refractivity contribution in [3.05, 3.63) is 91.2 Å². The Morgan fingerprint density at radius 3 is 2.41 bits per heavy atom. The summed E-state index contributed by atoms with van der Waals surface area (Å²) in [5.74, 6) is 1.21. The van der Waals surface area contributed by atoms with Crippen LogP contribution in [0.1, 0.15) is 78.4 Å². The predicted molar refractivity (Wildman–Crippen MR) is 171 cm³/mol. The summed E-state index contributed by atoms with van der Waals surface area (Å²) in [6, 6.07) is 9.31. The van der Waals surface area contributed by atoms with Crippen LogP contribution in [0.3, 0.4) is 0 Å². The third-order valence-corrected chi connectivity index (χ3v) is 8.73. The number of nitrogens with zero attached hydrogens (tertiary/aromatic N) is 4. The zero-order valence-electron chi connectivity index (χ0n) is 25.6. The molecular weight excluding hydrogens is 558 g/mol. The van der Waals surface area contributed by atoms with E-state index in [9.17, 15) is 14.4 Å². The molecule has 3 aromatic heterocycles. The normalized spacial score (nSPS) is 16.1. The number of nitrogens with one attached hydrogen (secondary N) is 1. The molecule has 4 aromatic rings. The number of rotatable bonds is 7. The van der Waals surface area contributed by atoms with Crippen LogP contribution in [0.15, 0.2) is 56.6 Å². The third kappa shape index (κ3) is 5.45. The minimum Gasteiger partial charge on any atom is -0.440 e. The van der Waals surface area contributed by atoms with Gasteiger partial charge in [0.25, 0.3) is 5.56 Å². The number of ketones is 1. The summed E-state index contributed by atoms with van der Waals surface area (Å²) in [6.45, 7) is 9.45. The van der Waals surface area contributed by atoms with E-state index in [0.717, 1.165) is 42.5 Å². The number of carbonyl (C=O) groups is 1. The maximum Gasteiger partial charge on any atom is 0.263 e. The molecule has 0 amide bonds. The van der Waals surface area contributed by atoms with Crippen LogP contribution >= 0.6 is 0 Å². The Kier molecular flexibility index (Phi) is 8.18. The highest BCUT2D eigenvalue weighted by atomic mass is 16.5. The predicted octanol–water partition coefficient (Wildman–Crippen LogP) is 5.71. The zero-order chi connectivity index (χ0) is 31.0. The van der Waals surface area contributed by atoms with Crippen molar-refractivity contribution < 1.29 is 13.9 Å². The fourth-order valence-electron chi connectivity index (χ4n) is 6.34. The average Bonchev–Trinajstić information content (AvgIpc) is 3.55. The van der Waals surface area contributed by atoms with Gasteiger partial charge in [0.1, 0.15) is 11.4 Å². The Hall–Kier alpha value is -4.57. The summed E-state index contributed by atoms with van der Waals surface area (Å²) in [4.78, 5) is 50.2. The van der Waals surface area contributed by atoms with Gasteiger partial charge in [0.05, 0.1) is 18.8 Å². The number of hydrogen-bond donors (Lipinski definition) is 1. The molecule has 1 saturated carbocycles. The van der Waals surface area contributed by atoms with Gasteiger partial charge < -0.3 is 19.4 Å². The van der Waals surface area contributed by atoms with Crippen LogP contribution in [0.25, 0.3) is 16.6 Å². The minimum absolute atomic E-state index is 0.00948. The number of carbonyl (C=O) groups excluding carboxylic acids is 1. The molecule has 1 aromatic carbocycles. The highest BCUT2D eigenvalue weighted by Gasteiger charge is 2.26. The maximum atomic E-state index is 13.5. The number of pyridine rings is 1. The van der Waals surface area contributed by atoms with E-state index in [1.807, 2.05) is 42.2 Å². The molecular formula is C34H37N5O5. The summed E-state index contributed by atoms with van der Waals surface area (Å²) in [5, 5.41) is 3.98. The molecule has 2 aliphatic rings. The van der Waals surface area contributed by atoms with Crippen molar-refractivity contribution in [1.82, 2.24) is 14.5 Å². The van der Waals surface area contributed by atoms with Gasteiger partial charge in [-0.25, -0.2) is 4.98 Å². The number of anilines is 3. The smallest absolute Gasteiger partial charge is 0.263 e. The SMILES string of the molecule is C/C=C(/c1ccc(Nc2ncc3c(C)c(C(C)=O)c(=O)n(C4CCCC4)c3n2)cc1)c1oc(N2CCOCC2)cc(=O)c1C. The maximum absolute atomic E-state index is 13.5. The molecule has 4 heterocycles. The van der Waals surface area contributed by atoms with Crippen molar-refractivity contribution in [3.63, 3.8) is 0 Å². The number of Topliss-reactive ketones (excluding diaryl/α,β-unsaturated/α-hetero) is 1. The summed E-state index contributed by atoms with van der Waals surface area (Å²) < 4.78 is 13.5. The molecule has 1 aliphatic carbocycles. The number of aromatic nitrogens is 3. The van der Waals surface area contributed by atoms with E-state index >= 15 is 0 Å². The third-order valence-electron chi connectivity index (χ3n) is 8.73. The number of aryl methyl sites for hydroxylation is 1. The van der Waals surface area contributed by atoms with Gasteiger partial charge in [0.15, 0.2) is 17.1 Å². The fourth-order valence-corrected chi connectivity index (χ4v) is 6.34. The highest BCUT2D eigenvalue weighted by molar-refractivity contribution is 5.99. The van der Waals surface area contributed by atoms with Gasteiger partial charge in [0, 0.05) is 53.6 Å². The second-order valence-corrected chi connectivity index (χ2v) is 11.5. The summed E-state index contributed by atoms with van der Waals surface area (Å²) >= 11 is 0. The van der Waals surface area contributed by atoms with E-state index in [0.29, 0.717) is 66.1 Å². The van der Waals surface area contributed by atoms with Gasteiger partial charge in [-0.15, -0.1) is 0 Å². The zero-order valence-corrected chi connectivity index (χ0v) is 25.6. The molecule has 0 radical (unpaired) electrons. The second-order valence-electron chi connectivity index (χ2n) is 11.5. The molecule has 10 nitrogen and oxygen atoms in total. The Balaban J connectivity index is 1.31. The molecule has 1 aliphatic heterocycles. The first-order chi connectivity index (χ1) is 21.3. The molecule has 10 heteroatoms. The molecule has 1 saturated heterocycles. The largest absolute Gasteiger partial charge is 0.440 e. The summed E-state index contributed by atoms with van der Waals surface area (Å²) in [6.07, 6.45) is 7.48. The number of allylic oxidation sites excluding steroid dienone is 1. The second kappa shape index (κ2) is 12.2. The Morgan fingerprint density at radius 1 is 1.05 bits per heavy atom. The van der Waals surface area contributed by atoms with Gasteiger partial charge in [-0.1, -0.05) is 31.1 Å².